The van der Waals surface area contributed by atoms with Gasteiger partial charge in [-0.05, 0) is 58.7 Å². The van der Waals surface area contributed by atoms with Gasteiger partial charge < -0.3 is 14.9 Å². The van der Waals surface area contributed by atoms with Crippen LogP contribution in [0, 0.1) is 5.92 Å². The van der Waals surface area contributed by atoms with Crippen LogP contribution >= 0.6 is 0 Å². The number of aliphatic hydroxyl groups is 2. The second-order valence-electron chi connectivity index (χ2n) is 8.65. The molecule has 33 heavy (non-hydrogen) atoms. The molecule has 0 saturated heterocycles. The van der Waals surface area contributed by atoms with Crippen LogP contribution in [0.5, 0.6) is 5.75 Å². The van der Waals surface area contributed by atoms with Crippen LogP contribution in [0.4, 0.5) is 26.3 Å². The van der Waals surface area contributed by atoms with Crippen molar-refractivity contribution in [1.29, 1.82) is 0 Å². The normalized spacial score (nSPS) is 12.9. The first kappa shape index (κ1) is 27.0. The third kappa shape index (κ3) is 7.64. The van der Waals surface area contributed by atoms with Gasteiger partial charge in [0.2, 0.25) is 0 Å². The average Bonchev–Trinajstić information content (AvgIpc) is 2.73. The van der Waals surface area contributed by atoms with Crippen molar-refractivity contribution in [2.45, 2.75) is 70.7 Å². The average molecular weight is 478 g/mol. The summed E-state index contributed by atoms with van der Waals surface area (Å²) in [4.78, 5) is 0. The minimum Gasteiger partial charge on any atom is -0.489 e. The Bertz CT molecular complexity index is 892. The SMILES string of the molecule is CC(C)(CCCC(C(F)(F)F)C(F)(F)F)c1cccc(OCc2ccc(CO)c(CO)c2)c1. The number of benzene rings is 2. The fourth-order valence-electron chi connectivity index (χ4n) is 3.65. The Kier molecular flexibility index (Phi) is 8.81. The third-order valence-electron chi connectivity index (χ3n) is 5.72. The molecule has 0 bridgehead atoms. The highest BCUT2D eigenvalue weighted by Crippen LogP contribution is 2.43. The van der Waals surface area contributed by atoms with Crippen molar-refractivity contribution in [1.82, 2.24) is 0 Å². The fraction of sp³-hybridized carbons (Fsp3) is 0.500. The van der Waals surface area contributed by atoms with Gasteiger partial charge in [0.1, 0.15) is 12.4 Å². The van der Waals surface area contributed by atoms with Crippen LogP contribution in [0.2, 0.25) is 0 Å². The smallest absolute Gasteiger partial charge is 0.400 e. The van der Waals surface area contributed by atoms with E-state index in [4.69, 9.17) is 4.74 Å². The summed E-state index contributed by atoms with van der Waals surface area (Å²) in [6, 6.07) is 12.1. The van der Waals surface area contributed by atoms with Gasteiger partial charge in [-0.3, -0.25) is 0 Å². The Balaban J connectivity index is 2.03. The predicted molar refractivity (Wildman–Crippen MR) is 112 cm³/mol. The van der Waals surface area contributed by atoms with Crippen LogP contribution in [0.15, 0.2) is 42.5 Å². The molecule has 2 aromatic carbocycles. The molecular weight excluding hydrogens is 450 g/mol. The molecule has 2 rings (SSSR count). The molecule has 0 heterocycles. The number of rotatable bonds is 10. The van der Waals surface area contributed by atoms with Crippen LogP contribution < -0.4 is 4.74 Å². The minimum absolute atomic E-state index is 0.140. The molecule has 2 N–H and O–H groups in total. The van der Waals surface area contributed by atoms with E-state index in [0.717, 1.165) is 11.1 Å². The summed E-state index contributed by atoms with van der Waals surface area (Å²) in [5.41, 5.74) is 2.05. The molecule has 9 heteroatoms. The Morgan fingerprint density at radius 1 is 0.848 bits per heavy atom. The summed E-state index contributed by atoms with van der Waals surface area (Å²) in [7, 11) is 0. The van der Waals surface area contributed by atoms with E-state index in [9.17, 15) is 36.6 Å². The fourth-order valence-corrected chi connectivity index (χ4v) is 3.65. The largest absolute Gasteiger partial charge is 0.489 e. The molecule has 0 spiro atoms. The Labute approximate surface area is 189 Å². The maximum Gasteiger partial charge on any atom is 0.400 e. The van der Waals surface area contributed by atoms with Gasteiger partial charge in [0.15, 0.2) is 5.92 Å². The van der Waals surface area contributed by atoms with Crippen LogP contribution in [0.3, 0.4) is 0 Å². The highest BCUT2D eigenvalue weighted by atomic mass is 19.4. The lowest BCUT2D eigenvalue weighted by Crippen LogP contribution is -2.36. The molecule has 2 aromatic rings. The number of alkyl halides is 6. The first-order chi connectivity index (χ1) is 15.3. The van der Waals surface area contributed by atoms with Crippen molar-refractivity contribution < 1.29 is 41.3 Å². The van der Waals surface area contributed by atoms with Crippen molar-refractivity contribution in [2.75, 3.05) is 0 Å². The maximum absolute atomic E-state index is 12.8. The summed E-state index contributed by atoms with van der Waals surface area (Å²) in [5, 5.41) is 18.7. The molecule has 3 nitrogen and oxygen atoms in total. The molecule has 0 unspecified atom stereocenters. The molecule has 0 aliphatic carbocycles. The van der Waals surface area contributed by atoms with Crippen molar-refractivity contribution >= 4 is 0 Å². The zero-order valence-electron chi connectivity index (χ0n) is 18.4. The van der Waals surface area contributed by atoms with Gasteiger partial charge in [-0.15, -0.1) is 0 Å². The summed E-state index contributed by atoms with van der Waals surface area (Å²) < 4.78 is 82.4. The van der Waals surface area contributed by atoms with Gasteiger partial charge in [0, 0.05) is 0 Å². The molecule has 0 atom stereocenters. The van der Waals surface area contributed by atoms with Gasteiger partial charge in [-0.2, -0.15) is 26.3 Å². The summed E-state index contributed by atoms with van der Waals surface area (Å²) in [6.45, 7) is 3.30. The van der Waals surface area contributed by atoms with Gasteiger partial charge >= 0.3 is 12.4 Å². The molecule has 0 aromatic heterocycles. The lowest BCUT2D eigenvalue weighted by molar-refractivity contribution is -0.286. The Morgan fingerprint density at radius 3 is 2.06 bits per heavy atom. The number of ether oxygens (including phenoxy) is 1. The van der Waals surface area contributed by atoms with Crippen LogP contribution in [-0.4, -0.2) is 22.6 Å². The van der Waals surface area contributed by atoms with Crippen LogP contribution in [0.25, 0.3) is 0 Å². The van der Waals surface area contributed by atoms with E-state index in [1.165, 1.54) is 0 Å². The molecule has 0 saturated carbocycles. The first-order valence-corrected chi connectivity index (χ1v) is 10.5. The molecule has 0 aliphatic heterocycles. The maximum atomic E-state index is 12.8. The minimum atomic E-state index is -5.32. The predicted octanol–water partition coefficient (Wildman–Crippen LogP) is 6.44. The lowest BCUT2D eigenvalue weighted by Gasteiger charge is -2.28. The van der Waals surface area contributed by atoms with E-state index in [1.807, 2.05) is 0 Å². The summed E-state index contributed by atoms with van der Waals surface area (Å²) in [5.74, 6) is -2.82. The number of hydrogen-bond donors (Lipinski definition) is 2. The van der Waals surface area contributed by atoms with Crippen molar-refractivity contribution in [3.63, 3.8) is 0 Å². The van der Waals surface area contributed by atoms with E-state index in [2.05, 4.69) is 0 Å². The first-order valence-electron chi connectivity index (χ1n) is 10.5. The second kappa shape index (κ2) is 10.8. The van der Waals surface area contributed by atoms with Crippen molar-refractivity contribution in [2.24, 2.45) is 5.92 Å². The standard InChI is InChI=1S/C24H28F6O3/c1-22(2,10-4-7-21(23(25,26)27)24(28,29)30)19-5-3-6-20(12-19)33-15-16-8-9-17(13-31)18(11-16)14-32/h3,5-6,8-9,11-12,21,31-32H,4,7,10,13-15H2,1-2H3. The third-order valence-corrected chi connectivity index (χ3v) is 5.72. The molecular formula is C24H28F6O3. The lowest BCUT2D eigenvalue weighted by atomic mass is 9.79. The second-order valence-corrected chi connectivity index (χ2v) is 8.65. The van der Waals surface area contributed by atoms with Gasteiger partial charge in [0.05, 0.1) is 13.2 Å². The number of halogens is 6. The van der Waals surface area contributed by atoms with E-state index in [0.29, 0.717) is 16.9 Å². The Morgan fingerprint density at radius 2 is 1.48 bits per heavy atom. The number of aliphatic hydroxyl groups excluding tert-OH is 2. The van der Waals surface area contributed by atoms with E-state index in [1.54, 1.807) is 56.3 Å². The topological polar surface area (TPSA) is 49.7 Å². The van der Waals surface area contributed by atoms with Crippen LogP contribution in [0.1, 0.15) is 55.4 Å². The zero-order valence-corrected chi connectivity index (χ0v) is 18.4. The quantitative estimate of drug-likeness (QED) is 0.387. The van der Waals surface area contributed by atoms with Gasteiger partial charge in [0.25, 0.3) is 0 Å². The summed E-state index contributed by atoms with van der Waals surface area (Å²) in [6.07, 6.45) is -11.7. The molecule has 0 radical (unpaired) electrons. The highest BCUT2D eigenvalue weighted by molar-refractivity contribution is 5.34. The van der Waals surface area contributed by atoms with Crippen molar-refractivity contribution in [3.05, 3.63) is 64.7 Å². The summed E-state index contributed by atoms with van der Waals surface area (Å²) >= 11 is 0. The van der Waals surface area contributed by atoms with Crippen LogP contribution in [-0.2, 0) is 25.2 Å². The zero-order chi connectivity index (χ0) is 24.9. The van der Waals surface area contributed by atoms with E-state index < -0.39 is 30.1 Å². The molecule has 0 amide bonds. The highest BCUT2D eigenvalue weighted by Gasteiger charge is 2.55. The van der Waals surface area contributed by atoms with Gasteiger partial charge in [-0.25, -0.2) is 0 Å². The molecule has 0 fully saturated rings. The molecule has 0 aliphatic rings. The monoisotopic (exact) mass is 478 g/mol. The van der Waals surface area contributed by atoms with E-state index >= 15 is 0 Å². The van der Waals surface area contributed by atoms with E-state index in [-0.39, 0.29) is 32.7 Å². The van der Waals surface area contributed by atoms with Crippen molar-refractivity contribution in [3.8, 4) is 5.75 Å². The number of hydrogen-bond acceptors (Lipinski definition) is 3. The Hall–Kier alpha value is -2.26. The van der Waals surface area contributed by atoms with Gasteiger partial charge in [-0.1, -0.05) is 44.5 Å². The molecule has 184 valence electrons.